The fourth-order valence-electron chi connectivity index (χ4n) is 9.48. The molecule has 2 atom stereocenters. The van der Waals surface area contributed by atoms with Crippen LogP contribution in [0.5, 0.6) is 0 Å². The molecule has 2 unspecified atom stereocenters. The molecule has 304 valence electrons. The molecule has 0 spiro atoms. The van der Waals surface area contributed by atoms with E-state index in [0.717, 1.165) is 11.8 Å². The van der Waals surface area contributed by atoms with Crippen LogP contribution in [0, 0.1) is 11.8 Å². The van der Waals surface area contributed by atoms with Crippen LogP contribution in [0.1, 0.15) is 233 Å². The normalized spacial score (nSPS) is 13.1. The molecule has 0 aliphatic rings. The van der Waals surface area contributed by atoms with Crippen molar-refractivity contribution in [1.29, 1.82) is 0 Å². The van der Waals surface area contributed by atoms with Crippen LogP contribution in [0.15, 0.2) is 60.7 Å². The molecule has 0 aliphatic heterocycles. The zero-order valence-electron chi connectivity index (χ0n) is 36.5. The predicted octanol–water partition coefficient (Wildman–Crippen LogP) is 17.0. The Hall–Kier alpha value is -1.02. The monoisotopic (exact) mass is 791 g/mol. The van der Waals surface area contributed by atoms with Crippen molar-refractivity contribution in [3.63, 3.8) is 0 Å². The Morgan fingerprint density at radius 1 is 0.302 bits per heavy atom. The van der Waals surface area contributed by atoms with Gasteiger partial charge >= 0.3 is 338 Å². The first kappa shape index (κ1) is 48.1. The maximum atomic E-state index is 2.60. The molecule has 2 aromatic rings. The van der Waals surface area contributed by atoms with Gasteiger partial charge in [-0.3, -0.25) is 0 Å². The van der Waals surface area contributed by atoms with Crippen LogP contribution in [-0.2, 0) is 0 Å². The summed E-state index contributed by atoms with van der Waals surface area (Å²) in [5, 5.41) is 3.04. The molecule has 0 radical (unpaired) electrons. The van der Waals surface area contributed by atoms with Crippen molar-refractivity contribution in [2.45, 2.75) is 244 Å². The molecule has 0 fully saturated rings. The van der Waals surface area contributed by atoms with Gasteiger partial charge < -0.3 is 0 Å². The van der Waals surface area contributed by atoms with Gasteiger partial charge in [0.25, 0.3) is 0 Å². The zero-order valence-corrected chi connectivity index (χ0v) is 38.6. The molecule has 0 saturated carbocycles. The number of hydrogen-bond donors (Lipinski definition) is 0. The van der Waals surface area contributed by atoms with Gasteiger partial charge in [0.05, 0.1) is 0 Å². The summed E-state index contributed by atoms with van der Waals surface area (Å²) in [7, 11) is 0. The number of benzene rings is 2. The molecular formula is C52H92Ge. The average Bonchev–Trinajstić information content (AvgIpc) is 3.19. The summed E-state index contributed by atoms with van der Waals surface area (Å²) < 4.78 is 3.57. The molecule has 0 heterocycles. The van der Waals surface area contributed by atoms with Crippen LogP contribution in [0.3, 0.4) is 0 Å². The first-order valence-corrected chi connectivity index (χ1v) is 29.4. The Labute approximate surface area is 336 Å². The quantitative estimate of drug-likeness (QED) is 0.0470. The summed E-state index contributed by atoms with van der Waals surface area (Å²) in [4.78, 5) is 0. The molecule has 0 saturated heterocycles. The Balaban J connectivity index is 2.33. The van der Waals surface area contributed by atoms with Gasteiger partial charge in [-0.1, -0.05) is 0 Å². The molecule has 0 amide bonds. The van der Waals surface area contributed by atoms with E-state index in [1.54, 1.807) is 8.79 Å². The second-order valence-electron chi connectivity index (χ2n) is 17.6. The van der Waals surface area contributed by atoms with Gasteiger partial charge in [0, 0.05) is 0 Å². The van der Waals surface area contributed by atoms with Crippen molar-refractivity contribution in [1.82, 2.24) is 0 Å². The van der Waals surface area contributed by atoms with Crippen LogP contribution >= 0.6 is 0 Å². The van der Waals surface area contributed by atoms with Crippen molar-refractivity contribution in [3.8, 4) is 0 Å². The summed E-state index contributed by atoms with van der Waals surface area (Å²) >= 11 is -2.76. The Morgan fingerprint density at radius 3 is 0.774 bits per heavy atom. The molecule has 0 nitrogen and oxygen atoms in total. The Kier molecular flexibility index (Phi) is 31.1. The molecule has 1 heteroatoms. The minimum atomic E-state index is -2.76. The summed E-state index contributed by atoms with van der Waals surface area (Å²) in [6.45, 7) is 9.39. The Bertz CT molecular complexity index is 931. The third-order valence-corrected chi connectivity index (χ3v) is 24.2. The van der Waals surface area contributed by atoms with Crippen LogP contribution in [-0.4, -0.2) is 13.3 Å². The third kappa shape index (κ3) is 23.0. The molecule has 0 aromatic heterocycles. The fourth-order valence-corrected chi connectivity index (χ4v) is 21.8. The molecular weight excluding hydrogens is 697 g/mol. The van der Waals surface area contributed by atoms with Gasteiger partial charge in [-0.15, -0.1) is 0 Å². The van der Waals surface area contributed by atoms with Gasteiger partial charge in [-0.05, 0) is 0 Å². The second-order valence-corrected chi connectivity index (χ2v) is 26.3. The molecule has 2 rings (SSSR count). The first-order valence-electron chi connectivity index (χ1n) is 24.3. The Morgan fingerprint density at radius 2 is 0.528 bits per heavy atom. The van der Waals surface area contributed by atoms with Gasteiger partial charge in [-0.2, -0.15) is 0 Å². The molecule has 53 heavy (non-hydrogen) atoms. The van der Waals surface area contributed by atoms with Gasteiger partial charge in [0.1, 0.15) is 0 Å². The van der Waals surface area contributed by atoms with Gasteiger partial charge in [0.2, 0.25) is 0 Å². The van der Waals surface area contributed by atoms with Gasteiger partial charge in [0.15, 0.2) is 0 Å². The second kappa shape index (κ2) is 34.2. The number of unbranched alkanes of at least 4 members (excludes halogenated alkanes) is 24. The average molecular weight is 790 g/mol. The van der Waals surface area contributed by atoms with Crippen molar-refractivity contribution in [3.05, 3.63) is 60.7 Å². The predicted molar refractivity (Wildman–Crippen MR) is 245 cm³/mol. The van der Waals surface area contributed by atoms with E-state index in [2.05, 4.69) is 88.4 Å². The topological polar surface area (TPSA) is 0 Å². The van der Waals surface area contributed by atoms with E-state index in [0.29, 0.717) is 0 Å². The van der Waals surface area contributed by atoms with Crippen LogP contribution in [0.25, 0.3) is 0 Å². The van der Waals surface area contributed by atoms with Crippen molar-refractivity contribution < 1.29 is 0 Å². The summed E-state index contributed by atoms with van der Waals surface area (Å²) in [6, 6.07) is 24.5. The van der Waals surface area contributed by atoms with E-state index in [9.17, 15) is 0 Å². The molecule has 0 bridgehead atoms. The third-order valence-electron chi connectivity index (χ3n) is 12.8. The van der Waals surface area contributed by atoms with E-state index in [1.807, 2.05) is 0 Å². The molecule has 2 aromatic carbocycles. The van der Waals surface area contributed by atoms with E-state index in [4.69, 9.17) is 0 Å². The summed E-state index contributed by atoms with van der Waals surface area (Å²) in [5.74, 6) is 1.78. The number of rotatable bonds is 38. The van der Waals surface area contributed by atoms with Crippen LogP contribution < -0.4 is 8.79 Å². The summed E-state index contributed by atoms with van der Waals surface area (Å²) in [6.07, 6.45) is 46.0. The minimum absolute atomic E-state index is 0.888. The van der Waals surface area contributed by atoms with E-state index < -0.39 is 13.3 Å². The standard InChI is InChI=1S/C52H92Ge/c1-5-9-13-17-21-23-27-33-41-49(39-31-25-19-15-11-7-3)47-53(51-43-35-29-36-44-51,52-45-37-30-38-46-52)48-50(40-32-26-20-16-12-8-4)42-34-28-24-22-18-14-10-6-2/h29-30,35-38,43-46,49-50H,5-28,31-34,39-42,47-48H2,1-4H3. The summed E-state index contributed by atoms with van der Waals surface area (Å²) in [5.41, 5.74) is 0. The SMILES string of the molecule is CCCCCCCCCCC(CCCCCCCC)[CH2][Ge]([CH2]C(CCCCCCCC)CCCCCCCCCC)([c]1ccccc1)[c]1ccccc1. The molecule has 0 N–H and O–H groups in total. The van der Waals surface area contributed by atoms with E-state index in [1.165, 1.54) is 216 Å². The molecule has 0 aliphatic carbocycles. The van der Waals surface area contributed by atoms with Crippen molar-refractivity contribution in [2.75, 3.05) is 0 Å². The first-order chi connectivity index (χ1) is 26.2. The zero-order chi connectivity index (χ0) is 37.9. The van der Waals surface area contributed by atoms with E-state index >= 15 is 0 Å². The van der Waals surface area contributed by atoms with Crippen LogP contribution in [0.2, 0.25) is 10.5 Å². The van der Waals surface area contributed by atoms with Gasteiger partial charge in [-0.25, -0.2) is 0 Å². The fraction of sp³-hybridized carbons (Fsp3) is 0.769. The van der Waals surface area contributed by atoms with Crippen LogP contribution in [0.4, 0.5) is 0 Å². The van der Waals surface area contributed by atoms with Crippen molar-refractivity contribution >= 4 is 22.1 Å². The maximum absolute atomic E-state index is 2.76. The van der Waals surface area contributed by atoms with Crippen molar-refractivity contribution in [2.24, 2.45) is 11.8 Å². The number of hydrogen-bond acceptors (Lipinski definition) is 0. The van der Waals surface area contributed by atoms with E-state index in [-0.39, 0.29) is 0 Å².